The molecule has 214 valence electrons. The van der Waals surface area contributed by atoms with Crippen molar-refractivity contribution < 1.29 is 14.4 Å². The number of benzene rings is 1. The van der Waals surface area contributed by atoms with Gasteiger partial charge in [-0.25, -0.2) is 0 Å². The molecule has 1 aromatic rings. The molecular weight excluding hydrogens is 476 g/mol. The van der Waals surface area contributed by atoms with E-state index in [0.717, 1.165) is 36.9 Å². The van der Waals surface area contributed by atoms with Crippen molar-refractivity contribution in [3.63, 3.8) is 0 Å². The summed E-state index contributed by atoms with van der Waals surface area (Å²) in [6, 6.07) is 7.89. The molecule has 0 aliphatic rings. The summed E-state index contributed by atoms with van der Waals surface area (Å²) in [7, 11) is 3.95. The average molecular weight is 529 g/mol. The van der Waals surface area contributed by atoms with E-state index in [1.54, 1.807) is 0 Å². The van der Waals surface area contributed by atoms with Gasteiger partial charge in [0.25, 0.3) is 0 Å². The van der Waals surface area contributed by atoms with Gasteiger partial charge in [0.15, 0.2) is 0 Å². The Hall–Kier alpha value is -2.83. The summed E-state index contributed by atoms with van der Waals surface area (Å²) in [6.07, 6.45) is 20.9. The van der Waals surface area contributed by atoms with Crippen molar-refractivity contribution in [2.75, 3.05) is 32.1 Å². The summed E-state index contributed by atoms with van der Waals surface area (Å²) < 4.78 is 0. The van der Waals surface area contributed by atoms with E-state index >= 15 is 0 Å². The Labute approximate surface area is 231 Å². The van der Waals surface area contributed by atoms with Crippen LogP contribution >= 0.6 is 0 Å². The van der Waals surface area contributed by atoms with Gasteiger partial charge < -0.3 is 20.9 Å². The minimum absolute atomic E-state index is 0.108. The van der Waals surface area contributed by atoms with E-state index in [1.165, 1.54) is 57.8 Å². The lowest BCUT2D eigenvalue weighted by atomic mass is 10.1. The summed E-state index contributed by atoms with van der Waals surface area (Å²) in [5, 5.41) is 7.96. The van der Waals surface area contributed by atoms with Crippen LogP contribution in [0.1, 0.15) is 102 Å². The molecule has 1 aromatic carbocycles. The van der Waals surface area contributed by atoms with Crippen LogP contribution in [0.15, 0.2) is 36.4 Å². The van der Waals surface area contributed by atoms with Crippen LogP contribution in [-0.2, 0) is 20.9 Å². The molecule has 0 fully saturated rings. The molecule has 0 unspecified atom stereocenters. The number of nitrogens with zero attached hydrogens (tertiary/aromatic N) is 1. The van der Waals surface area contributed by atoms with Crippen LogP contribution in [-0.4, -0.2) is 44.9 Å². The highest BCUT2D eigenvalue weighted by Crippen LogP contribution is 2.12. The Bertz CT molecular complexity index is 806. The molecule has 38 heavy (non-hydrogen) atoms. The normalized spacial score (nSPS) is 10.9. The number of nitrogens with one attached hydrogen (secondary N) is 3. The number of carbonyl (C=O) groups is 3. The van der Waals surface area contributed by atoms with Crippen LogP contribution in [0.2, 0.25) is 0 Å². The number of hydrogen-bond donors (Lipinski definition) is 3. The summed E-state index contributed by atoms with van der Waals surface area (Å²) in [5.41, 5.74) is 2.07. The topological polar surface area (TPSA) is 90.5 Å². The summed E-state index contributed by atoms with van der Waals surface area (Å²) >= 11 is 0. The molecule has 7 heteroatoms. The van der Waals surface area contributed by atoms with E-state index in [0.29, 0.717) is 13.0 Å². The first kappa shape index (κ1) is 33.2. The number of anilines is 1. The van der Waals surface area contributed by atoms with E-state index in [-0.39, 0.29) is 30.8 Å². The van der Waals surface area contributed by atoms with E-state index in [2.05, 4.69) is 35.0 Å². The Kier molecular flexibility index (Phi) is 19.4. The maximum absolute atomic E-state index is 12.0. The third kappa shape index (κ3) is 18.4. The molecule has 0 saturated carbocycles. The van der Waals surface area contributed by atoms with E-state index in [1.807, 2.05) is 43.3 Å². The second kappa shape index (κ2) is 22.2. The number of allylic oxidation sites excluding steroid dienone is 2. The Morgan fingerprint density at radius 1 is 0.658 bits per heavy atom. The van der Waals surface area contributed by atoms with Crippen molar-refractivity contribution in [3.05, 3.63) is 42.0 Å². The Morgan fingerprint density at radius 3 is 1.74 bits per heavy atom. The lowest BCUT2D eigenvalue weighted by Crippen LogP contribution is -2.41. The minimum atomic E-state index is -0.367. The van der Waals surface area contributed by atoms with Crippen molar-refractivity contribution >= 4 is 23.4 Å². The minimum Gasteiger partial charge on any atom is -0.378 e. The van der Waals surface area contributed by atoms with Gasteiger partial charge in [-0.2, -0.15) is 0 Å². The number of rotatable bonds is 22. The predicted molar refractivity (Wildman–Crippen MR) is 158 cm³/mol. The zero-order chi connectivity index (χ0) is 27.8. The second-order valence-electron chi connectivity index (χ2n) is 10.2. The van der Waals surface area contributed by atoms with Gasteiger partial charge in [-0.3, -0.25) is 14.4 Å². The SMILES string of the molecule is CCCCCCCC/C=C\CCCCCCCC(=O)NCC(=O)NCC(=O)NCc1ccc(N(C)C)cc1. The van der Waals surface area contributed by atoms with Crippen molar-refractivity contribution in [2.45, 2.75) is 103 Å². The summed E-state index contributed by atoms with van der Waals surface area (Å²) in [5.74, 6) is -0.758. The molecule has 0 radical (unpaired) electrons. The standard InChI is InChI=1S/C31H52N4O3/c1-4-5-6-7-8-9-10-11-12-13-14-15-16-17-18-19-29(36)33-25-31(38)34-26-30(37)32-24-27-20-22-28(23-21-27)35(2)3/h11-12,20-23H,4-10,13-19,24-26H2,1-3H3,(H,32,37)(H,33,36)(H,34,38)/b12-11-. The van der Waals surface area contributed by atoms with Gasteiger partial charge in [-0.05, 0) is 49.8 Å². The van der Waals surface area contributed by atoms with Gasteiger partial charge in [0.2, 0.25) is 17.7 Å². The maximum atomic E-state index is 12.0. The number of carbonyl (C=O) groups excluding carboxylic acids is 3. The zero-order valence-electron chi connectivity index (χ0n) is 24.2. The van der Waals surface area contributed by atoms with Gasteiger partial charge in [-0.1, -0.05) is 82.6 Å². The molecule has 0 aliphatic heterocycles. The maximum Gasteiger partial charge on any atom is 0.239 e. The van der Waals surface area contributed by atoms with Gasteiger partial charge in [0, 0.05) is 32.7 Å². The molecule has 0 heterocycles. The second-order valence-corrected chi connectivity index (χ2v) is 10.2. The van der Waals surface area contributed by atoms with Crippen LogP contribution in [0.4, 0.5) is 5.69 Å². The molecule has 0 saturated heterocycles. The van der Waals surface area contributed by atoms with Crippen molar-refractivity contribution in [2.24, 2.45) is 0 Å². The van der Waals surface area contributed by atoms with Crippen LogP contribution in [0.5, 0.6) is 0 Å². The molecule has 3 amide bonds. The highest BCUT2D eigenvalue weighted by atomic mass is 16.2. The highest BCUT2D eigenvalue weighted by molar-refractivity contribution is 5.88. The monoisotopic (exact) mass is 528 g/mol. The first-order chi connectivity index (χ1) is 18.4. The molecule has 0 bridgehead atoms. The fourth-order valence-electron chi connectivity index (χ4n) is 4.04. The molecule has 0 aliphatic carbocycles. The zero-order valence-corrected chi connectivity index (χ0v) is 24.2. The molecule has 0 spiro atoms. The molecule has 0 atom stereocenters. The number of amides is 3. The van der Waals surface area contributed by atoms with Gasteiger partial charge in [0.1, 0.15) is 0 Å². The summed E-state index contributed by atoms with van der Waals surface area (Å²) in [6.45, 7) is 2.43. The first-order valence-corrected chi connectivity index (χ1v) is 14.6. The molecular formula is C31H52N4O3. The first-order valence-electron chi connectivity index (χ1n) is 14.6. The van der Waals surface area contributed by atoms with Crippen LogP contribution in [0, 0.1) is 0 Å². The average Bonchev–Trinajstić information content (AvgIpc) is 2.91. The third-order valence-electron chi connectivity index (χ3n) is 6.50. The lowest BCUT2D eigenvalue weighted by Gasteiger charge is -2.13. The lowest BCUT2D eigenvalue weighted by molar-refractivity contribution is -0.127. The Morgan fingerprint density at radius 2 is 1.16 bits per heavy atom. The fraction of sp³-hybridized carbons (Fsp3) is 0.645. The van der Waals surface area contributed by atoms with Crippen molar-refractivity contribution in [1.82, 2.24) is 16.0 Å². The third-order valence-corrected chi connectivity index (χ3v) is 6.50. The summed E-state index contributed by atoms with van der Waals surface area (Å²) in [4.78, 5) is 37.9. The fourth-order valence-corrected chi connectivity index (χ4v) is 4.04. The Balaban J connectivity index is 1.95. The smallest absolute Gasteiger partial charge is 0.239 e. The predicted octanol–water partition coefficient (Wildman–Crippen LogP) is 5.64. The quantitative estimate of drug-likeness (QED) is 0.134. The van der Waals surface area contributed by atoms with Crippen molar-refractivity contribution in [3.8, 4) is 0 Å². The van der Waals surface area contributed by atoms with E-state index in [9.17, 15) is 14.4 Å². The molecule has 1 rings (SSSR count). The molecule has 0 aromatic heterocycles. The van der Waals surface area contributed by atoms with Crippen LogP contribution in [0.25, 0.3) is 0 Å². The van der Waals surface area contributed by atoms with Crippen LogP contribution < -0.4 is 20.9 Å². The van der Waals surface area contributed by atoms with Gasteiger partial charge in [0.05, 0.1) is 13.1 Å². The largest absolute Gasteiger partial charge is 0.378 e. The van der Waals surface area contributed by atoms with E-state index < -0.39 is 0 Å². The molecule has 3 N–H and O–H groups in total. The van der Waals surface area contributed by atoms with Gasteiger partial charge in [-0.15, -0.1) is 0 Å². The number of unbranched alkanes of at least 4 members (excludes halogenated alkanes) is 11. The van der Waals surface area contributed by atoms with Gasteiger partial charge >= 0.3 is 0 Å². The highest BCUT2D eigenvalue weighted by Gasteiger charge is 2.08. The number of hydrogen-bond acceptors (Lipinski definition) is 4. The van der Waals surface area contributed by atoms with Crippen LogP contribution in [0.3, 0.4) is 0 Å². The molecule has 7 nitrogen and oxygen atoms in total. The van der Waals surface area contributed by atoms with E-state index in [4.69, 9.17) is 0 Å². The van der Waals surface area contributed by atoms with Crippen molar-refractivity contribution in [1.29, 1.82) is 0 Å².